The molecule has 0 rings (SSSR count). The van der Waals surface area contributed by atoms with Crippen LogP contribution in [0.2, 0.25) is 0 Å². The van der Waals surface area contributed by atoms with E-state index in [-0.39, 0.29) is 0 Å². The van der Waals surface area contributed by atoms with Crippen LogP contribution in [0.1, 0.15) is 71.1 Å². The second-order valence-corrected chi connectivity index (χ2v) is 8.05. The third kappa shape index (κ3) is 11.7. The monoisotopic (exact) mass is 374 g/mol. The van der Waals surface area contributed by atoms with E-state index in [2.05, 4.69) is 38.8 Å². The van der Waals surface area contributed by atoms with Crippen molar-refractivity contribution in [2.24, 2.45) is 0 Å². The highest BCUT2D eigenvalue weighted by molar-refractivity contribution is 9.25. The molecule has 1 atom stereocenters. The number of aliphatic hydroxyl groups is 1. The number of hydrogen-bond donors (Lipinski definition) is 1. The molecule has 0 aromatic carbocycles. The Balaban J connectivity index is 3.19. The van der Waals surface area contributed by atoms with E-state index in [9.17, 15) is 9.50 Å². The predicted octanol–water partition coefficient (Wildman–Crippen LogP) is 5.68. The first kappa shape index (κ1) is 17.8. The summed E-state index contributed by atoms with van der Waals surface area (Å²) in [5.41, 5.74) is 0. The topological polar surface area (TPSA) is 20.2 Å². The van der Waals surface area contributed by atoms with Crippen molar-refractivity contribution in [1.82, 2.24) is 0 Å². The lowest BCUT2D eigenvalue weighted by Crippen LogP contribution is -2.24. The smallest absolute Gasteiger partial charge is 0.244 e. The van der Waals surface area contributed by atoms with Gasteiger partial charge in [-0.25, -0.2) is 4.39 Å². The number of aliphatic hydroxyl groups excluding tert-OH is 1. The summed E-state index contributed by atoms with van der Waals surface area (Å²) in [6.45, 7) is 2.23. The number of halogens is 3. The molecule has 0 aliphatic carbocycles. The number of alkyl halides is 3. The molecule has 0 saturated carbocycles. The Bertz CT molecular complexity index is 171. The zero-order valence-corrected chi connectivity index (χ0v) is 13.9. The number of hydrogen-bond acceptors (Lipinski definition) is 1. The quantitative estimate of drug-likeness (QED) is 0.363. The summed E-state index contributed by atoms with van der Waals surface area (Å²) in [5.74, 6) is 0. The molecule has 0 aliphatic rings. The fraction of sp³-hybridized carbons (Fsp3) is 1.00. The Hall–Kier alpha value is 0.850. The van der Waals surface area contributed by atoms with Crippen molar-refractivity contribution in [2.45, 2.75) is 80.7 Å². The molecule has 1 N–H and O–H groups in total. The van der Waals surface area contributed by atoms with Gasteiger partial charge in [0.1, 0.15) is 6.10 Å². The van der Waals surface area contributed by atoms with E-state index in [1.54, 1.807) is 0 Å². The maximum absolute atomic E-state index is 13.1. The molecule has 0 aliphatic heterocycles. The summed E-state index contributed by atoms with van der Waals surface area (Å²) in [7, 11) is 0. The first-order valence-corrected chi connectivity index (χ1v) is 8.32. The van der Waals surface area contributed by atoms with Gasteiger partial charge in [0.15, 0.2) is 0 Å². The molecule has 0 spiro atoms. The van der Waals surface area contributed by atoms with E-state index in [0.29, 0.717) is 6.42 Å². The average molecular weight is 376 g/mol. The summed E-state index contributed by atoms with van der Waals surface area (Å²) in [6.07, 6.45) is 10.6. The highest BCUT2D eigenvalue weighted by atomic mass is 79.9. The van der Waals surface area contributed by atoms with Crippen LogP contribution in [-0.2, 0) is 0 Å². The summed E-state index contributed by atoms with van der Waals surface area (Å²) in [4.78, 5) is 0. The fourth-order valence-electron chi connectivity index (χ4n) is 1.81. The third-order valence-electron chi connectivity index (χ3n) is 2.96. The van der Waals surface area contributed by atoms with Gasteiger partial charge in [0.05, 0.1) is 0 Å². The van der Waals surface area contributed by atoms with Crippen molar-refractivity contribution in [1.29, 1.82) is 0 Å². The molecule has 1 nitrogen and oxygen atoms in total. The standard InChI is InChI=1S/C13H25Br2FO/c1-2-3-4-5-6-7-8-9-10-11-12(17)13(14,15)16/h12,17H,2-11H2,1H3. The molecular formula is C13H25Br2FO. The van der Waals surface area contributed by atoms with Gasteiger partial charge in [-0.2, -0.15) is 0 Å². The predicted molar refractivity (Wildman–Crippen MR) is 79.5 cm³/mol. The molecule has 17 heavy (non-hydrogen) atoms. The van der Waals surface area contributed by atoms with Crippen LogP contribution >= 0.6 is 31.9 Å². The molecule has 0 amide bonds. The van der Waals surface area contributed by atoms with Crippen LogP contribution in [-0.4, -0.2) is 14.7 Å². The normalized spacial score (nSPS) is 13.9. The van der Waals surface area contributed by atoms with Crippen LogP contribution in [0.4, 0.5) is 4.39 Å². The van der Waals surface area contributed by atoms with Crippen molar-refractivity contribution in [3.63, 3.8) is 0 Å². The molecule has 0 aromatic rings. The summed E-state index contributed by atoms with van der Waals surface area (Å²) in [5, 5.41) is 9.42. The Morgan fingerprint density at radius 2 is 1.35 bits per heavy atom. The van der Waals surface area contributed by atoms with Crippen molar-refractivity contribution >= 4 is 31.9 Å². The lowest BCUT2D eigenvalue weighted by molar-refractivity contribution is 0.102. The maximum atomic E-state index is 13.1. The van der Waals surface area contributed by atoms with Gasteiger partial charge < -0.3 is 5.11 Å². The first-order valence-electron chi connectivity index (χ1n) is 6.73. The van der Waals surface area contributed by atoms with E-state index in [4.69, 9.17) is 0 Å². The molecule has 0 fully saturated rings. The van der Waals surface area contributed by atoms with Crippen molar-refractivity contribution < 1.29 is 9.50 Å². The summed E-state index contributed by atoms with van der Waals surface area (Å²) >= 11 is 5.52. The number of rotatable bonds is 11. The van der Waals surface area contributed by atoms with E-state index in [1.165, 1.54) is 44.9 Å². The molecule has 0 bridgehead atoms. The van der Waals surface area contributed by atoms with Gasteiger partial charge in [0.2, 0.25) is 3.49 Å². The van der Waals surface area contributed by atoms with Crippen molar-refractivity contribution in [2.75, 3.05) is 0 Å². The van der Waals surface area contributed by atoms with Gasteiger partial charge in [-0.15, -0.1) is 0 Å². The van der Waals surface area contributed by atoms with Crippen molar-refractivity contribution in [3.8, 4) is 0 Å². The number of unbranched alkanes of at least 4 members (excludes halogenated alkanes) is 8. The van der Waals surface area contributed by atoms with Crippen LogP contribution in [0.3, 0.4) is 0 Å². The van der Waals surface area contributed by atoms with Crippen LogP contribution in [0.5, 0.6) is 0 Å². The molecule has 4 heteroatoms. The lowest BCUT2D eigenvalue weighted by atomic mass is 10.1. The maximum Gasteiger partial charge on any atom is 0.244 e. The zero-order chi connectivity index (χ0) is 13.1. The molecule has 0 heterocycles. The van der Waals surface area contributed by atoms with Crippen LogP contribution in [0.25, 0.3) is 0 Å². The van der Waals surface area contributed by atoms with E-state index < -0.39 is 9.59 Å². The van der Waals surface area contributed by atoms with E-state index in [1.807, 2.05) is 0 Å². The highest BCUT2D eigenvalue weighted by Crippen LogP contribution is 2.34. The zero-order valence-electron chi connectivity index (χ0n) is 10.7. The van der Waals surface area contributed by atoms with E-state index >= 15 is 0 Å². The van der Waals surface area contributed by atoms with Gasteiger partial charge in [-0.1, -0.05) is 64.7 Å². The van der Waals surface area contributed by atoms with Gasteiger partial charge in [0.25, 0.3) is 0 Å². The SMILES string of the molecule is CCCCCCCCCCCC(O)C(F)(Br)Br. The Morgan fingerprint density at radius 1 is 0.941 bits per heavy atom. The van der Waals surface area contributed by atoms with Gasteiger partial charge in [-0.05, 0) is 38.3 Å². The Morgan fingerprint density at radius 3 is 1.76 bits per heavy atom. The molecule has 1 unspecified atom stereocenters. The van der Waals surface area contributed by atoms with Gasteiger partial charge in [0, 0.05) is 0 Å². The van der Waals surface area contributed by atoms with E-state index in [0.717, 1.165) is 12.8 Å². The van der Waals surface area contributed by atoms with Crippen LogP contribution < -0.4 is 0 Å². The minimum absolute atomic E-state index is 0.503. The lowest BCUT2D eigenvalue weighted by Gasteiger charge is -2.17. The largest absolute Gasteiger partial charge is 0.388 e. The minimum atomic E-state index is -1.82. The fourth-order valence-corrected chi connectivity index (χ4v) is 2.27. The molecule has 0 saturated heterocycles. The van der Waals surface area contributed by atoms with Gasteiger partial charge >= 0.3 is 0 Å². The third-order valence-corrected chi connectivity index (χ3v) is 4.02. The second-order valence-electron chi connectivity index (χ2n) is 4.67. The Kier molecular flexibility index (Phi) is 11.3. The van der Waals surface area contributed by atoms with Gasteiger partial charge in [-0.3, -0.25) is 0 Å². The first-order chi connectivity index (χ1) is 7.98. The highest BCUT2D eigenvalue weighted by Gasteiger charge is 2.30. The molecule has 0 aromatic heterocycles. The molecule has 104 valence electrons. The van der Waals surface area contributed by atoms with Crippen LogP contribution in [0, 0.1) is 0 Å². The average Bonchev–Trinajstić information content (AvgIpc) is 2.25. The second kappa shape index (κ2) is 10.7. The summed E-state index contributed by atoms with van der Waals surface area (Å²) in [6, 6.07) is 0. The Labute approximate surface area is 122 Å². The van der Waals surface area contributed by atoms with Crippen LogP contribution in [0.15, 0.2) is 0 Å². The van der Waals surface area contributed by atoms with Crippen molar-refractivity contribution in [3.05, 3.63) is 0 Å². The summed E-state index contributed by atoms with van der Waals surface area (Å²) < 4.78 is 11.3. The molecular weight excluding hydrogens is 351 g/mol. The minimum Gasteiger partial charge on any atom is -0.388 e. The molecule has 0 radical (unpaired) electrons.